The number of hydrogen-bond acceptors (Lipinski definition) is 5. The molecule has 3 aromatic rings. The zero-order chi connectivity index (χ0) is 23.4. The van der Waals surface area contributed by atoms with Gasteiger partial charge in [-0.3, -0.25) is 14.5 Å². The number of pyridine rings is 1. The van der Waals surface area contributed by atoms with Crippen LogP contribution >= 0.6 is 0 Å². The van der Waals surface area contributed by atoms with Crippen LogP contribution in [0.1, 0.15) is 58.8 Å². The number of aromatic carboxylic acids is 1. The van der Waals surface area contributed by atoms with Gasteiger partial charge < -0.3 is 14.6 Å². The van der Waals surface area contributed by atoms with Gasteiger partial charge in [0.05, 0.1) is 23.9 Å². The van der Waals surface area contributed by atoms with Crippen LogP contribution in [0.3, 0.4) is 0 Å². The quantitative estimate of drug-likeness (QED) is 0.595. The van der Waals surface area contributed by atoms with Crippen molar-refractivity contribution < 1.29 is 19.4 Å². The zero-order valence-corrected chi connectivity index (χ0v) is 19.0. The highest BCUT2D eigenvalue weighted by molar-refractivity contribution is 5.88. The summed E-state index contributed by atoms with van der Waals surface area (Å²) in [7, 11) is 1.65. The summed E-state index contributed by atoms with van der Waals surface area (Å²) in [6.07, 6.45) is 5.68. The summed E-state index contributed by atoms with van der Waals surface area (Å²) < 4.78 is 13.7. The lowest BCUT2D eigenvalue weighted by Crippen LogP contribution is -2.46. The van der Waals surface area contributed by atoms with E-state index in [1.54, 1.807) is 7.11 Å². The van der Waals surface area contributed by atoms with Crippen LogP contribution in [0.5, 0.6) is 5.75 Å². The molecule has 34 heavy (non-hydrogen) atoms. The van der Waals surface area contributed by atoms with Gasteiger partial charge in [-0.05, 0) is 48.9 Å². The van der Waals surface area contributed by atoms with Crippen LogP contribution in [-0.4, -0.2) is 28.4 Å². The Kier molecular flexibility index (Phi) is 4.78. The van der Waals surface area contributed by atoms with Crippen LogP contribution in [0, 0.1) is 0 Å². The highest BCUT2D eigenvalue weighted by atomic mass is 16.5. The molecule has 1 saturated heterocycles. The van der Waals surface area contributed by atoms with Gasteiger partial charge in [-0.2, -0.15) is 0 Å². The molecule has 3 aliphatic rings. The molecule has 0 radical (unpaired) electrons. The van der Waals surface area contributed by atoms with Crippen molar-refractivity contribution in [3.8, 4) is 17.0 Å². The first-order valence-electron chi connectivity index (χ1n) is 11.6. The van der Waals surface area contributed by atoms with E-state index in [2.05, 4.69) is 11.1 Å². The second-order valence-corrected chi connectivity index (χ2v) is 9.46. The summed E-state index contributed by atoms with van der Waals surface area (Å²) in [5, 5.41) is 11.9. The van der Waals surface area contributed by atoms with Crippen molar-refractivity contribution in [2.75, 3.05) is 12.1 Å². The number of carboxylic acid groups (broad SMARTS) is 1. The van der Waals surface area contributed by atoms with Crippen molar-refractivity contribution in [2.45, 2.75) is 50.5 Å². The summed E-state index contributed by atoms with van der Waals surface area (Å²) in [4.78, 5) is 24.4. The predicted octanol–water partition coefficient (Wildman–Crippen LogP) is 4.26. The molecular formula is C27H26N2O5. The maximum Gasteiger partial charge on any atom is 0.341 e. The molecule has 1 N–H and O–H groups in total. The van der Waals surface area contributed by atoms with E-state index in [0.29, 0.717) is 13.2 Å². The van der Waals surface area contributed by atoms with Crippen LogP contribution < -0.4 is 15.2 Å². The fourth-order valence-electron chi connectivity index (χ4n) is 5.60. The number of aromatic nitrogens is 1. The van der Waals surface area contributed by atoms with Crippen LogP contribution in [0.15, 0.2) is 59.5 Å². The van der Waals surface area contributed by atoms with Crippen molar-refractivity contribution in [1.29, 1.82) is 0 Å². The average Bonchev–Trinajstić information content (AvgIpc) is 3.52. The Morgan fingerprint density at radius 1 is 1.12 bits per heavy atom. The smallest absolute Gasteiger partial charge is 0.341 e. The van der Waals surface area contributed by atoms with E-state index in [-0.39, 0.29) is 17.1 Å². The molecular weight excluding hydrogens is 432 g/mol. The minimum absolute atomic E-state index is 0.0399. The van der Waals surface area contributed by atoms with Gasteiger partial charge >= 0.3 is 5.97 Å². The Morgan fingerprint density at radius 2 is 1.91 bits per heavy atom. The number of ether oxygens (including phenoxy) is 2. The van der Waals surface area contributed by atoms with Gasteiger partial charge in [0.15, 0.2) is 5.43 Å². The molecule has 1 aromatic heterocycles. The highest BCUT2D eigenvalue weighted by Gasteiger charge is 2.57. The van der Waals surface area contributed by atoms with Crippen molar-refractivity contribution in [2.24, 2.45) is 0 Å². The summed E-state index contributed by atoms with van der Waals surface area (Å²) in [6, 6.07) is 15.7. The van der Waals surface area contributed by atoms with Crippen LogP contribution in [0.2, 0.25) is 0 Å². The molecule has 2 fully saturated rings. The molecule has 2 aromatic carbocycles. The molecule has 174 valence electrons. The third-order valence-electron chi connectivity index (χ3n) is 7.39. The largest absolute Gasteiger partial charge is 0.489 e. The molecule has 1 atom stereocenters. The standard InChI is InChI=1S/C27H26N2O5/c1-33-16-18-11-19-20(12-25(18)34-15-17-5-3-2-4-6-17)22-7-8-27(9-10-27)29(22)28-14-21(26(31)32)24(30)13-23(19)28/h2-6,11-14,22H,7-10,15-16H2,1H3,(H,31,32)/t22-/m1/s1. The van der Waals surface area contributed by atoms with Gasteiger partial charge in [0.25, 0.3) is 0 Å². The Labute approximate surface area is 197 Å². The van der Waals surface area contributed by atoms with E-state index < -0.39 is 11.4 Å². The Bertz CT molecular complexity index is 1340. The molecule has 1 spiro atoms. The second kappa shape index (κ2) is 7.74. The SMILES string of the molecule is COCc1cc2c(cc1OCc1ccccc1)[C@H]1CCC3(CC3)N1n1cc(C(=O)O)c(=O)cc1-2. The number of methoxy groups -OCH3 is 1. The molecule has 0 amide bonds. The van der Waals surface area contributed by atoms with Crippen molar-refractivity contribution >= 4 is 5.97 Å². The number of carboxylic acids is 1. The molecule has 1 aliphatic carbocycles. The first-order valence-corrected chi connectivity index (χ1v) is 11.6. The lowest BCUT2D eigenvalue weighted by atomic mass is 9.92. The van der Waals surface area contributed by atoms with Crippen LogP contribution in [0.25, 0.3) is 11.3 Å². The molecule has 6 rings (SSSR count). The minimum atomic E-state index is -1.20. The second-order valence-electron chi connectivity index (χ2n) is 9.46. The van der Waals surface area contributed by atoms with Crippen molar-refractivity contribution in [1.82, 2.24) is 4.68 Å². The number of fused-ring (bicyclic) bond motifs is 7. The third-order valence-corrected chi connectivity index (χ3v) is 7.39. The summed E-state index contributed by atoms with van der Waals surface area (Å²) in [6.45, 7) is 0.819. The van der Waals surface area contributed by atoms with Gasteiger partial charge in [0, 0.05) is 30.5 Å². The highest BCUT2D eigenvalue weighted by Crippen LogP contribution is 2.58. The molecule has 7 heteroatoms. The molecule has 2 aliphatic heterocycles. The van der Waals surface area contributed by atoms with E-state index in [1.807, 2.05) is 41.1 Å². The Morgan fingerprint density at radius 3 is 2.62 bits per heavy atom. The molecule has 0 unspecified atom stereocenters. The van der Waals surface area contributed by atoms with E-state index in [4.69, 9.17) is 9.47 Å². The summed E-state index contributed by atoms with van der Waals surface area (Å²) in [5.74, 6) is -0.421. The summed E-state index contributed by atoms with van der Waals surface area (Å²) >= 11 is 0. The van der Waals surface area contributed by atoms with Crippen LogP contribution in [0.4, 0.5) is 0 Å². The van der Waals surface area contributed by atoms with E-state index in [1.165, 1.54) is 12.3 Å². The number of nitrogens with zero attached hydrogens (tertiary/aromatic N) is 2. The van der Waals surface area contributed by atoms with Gasteiger partial charge in [0.1, 0.15) is 17.9 Å². The van der Waals surface area contributed by atoms with Gasteiger partial charge in [0.2, 0.25) is 0 Å². The van der Waals surface area contributed by atoms with Gasteiger partial charge in [-0.1, -0.05) is 30.3 Å². The minimum Gasteiger partial charge on any atom is -0.489 e. The maximum atomic E-state index is 12.7. The maximum absolute atomic E-state index is 12.7. The van der Waals surface area contributed by atoms with Crippen molar-refractivity contribution in [3.63, 3.8) is 0 Å². The van der Waals surface area contributed by atoms with E-state index in [0.717, 1.165) is 59.4 Å². The number of hydrogen-bond donors (Lipinski definition) is 1. The molecule has 1 saturated carbocycles. The monoisotopic (exact) mass is 458 g/mol. The molecule has 0 bridgehead atoms. The average molecular weight is 459 g/mol. The molecule has 3 heterocycles. The molecule has 7 nitrogen and oxygen atoms in total. The van der Waals surface area contributed by atoms with Crippen molar-refractivity contribution in [3.05, 3.63) is 87.2 Å². The summed E-state index contributed by atoms with van der Waals surface area (Å²) in [5.41, 5.74) is 4.12. The number of carbonyl (C=O) groups is 1. The Balaban J connectivity index is 1.50. The Hall–Kier alpha value is -3.58. The van der Waals surface area contributed by atoms with Crippen LogP contribution in [-0.2, 0) is 18.0 Å². The number of benzene rings is 2. The normalized spacial score (nSPS) is 18.9. The van der Waals surface area contributed by atoms with E-state index in [9.17, 15) is 14.7 Å². The van der Waals surface area contributed by atoms with Gasteiger partial charge in [-0.25, -0.2) is 4.79 Å². The topological polar surface area (TPSA) is 81.0 Å². The lowest BCUT2D eigenvalue weighted by molar-refractivity contribution is 0.0694. The van der Waals surface area contributed by atoms with E-state index >= 15 is 0 Å². The zero-order valence-electron chi connectivity index (χ0n) is 19.0. The fraction of sp³-hybridized carbons (Fsp3) is 0.333. The van der Waals surface area contributed by atoms with Gasteiger partial charge in [-0.15, -0.1) is 0 Å². The predicted molar refractivity (Wildman–Crippen MR) is 127 cm³/mol. The number of rotatable bonds is 6. The third kappa shape index (κ3) is 3.22. The first-order chi connectivity index (χ1) is 16.5. The first kappa shape index (κ1) is 21.0. The lowest BCUT2D eigenvalue weighted by Gasteiger charge is -2.41. The fourth-order valence-corrected chi connectivity index (χ4v) is 5.60.